The maximum absolute atomic E-state index is 12.1. The smallest absolute Gasteiger partial charge is 0.258 e. The molecule has 2 aromatic carbocycles. The molecule has 1 N–H and O–H groups in total. The molecular formula is C19H21NO2. The number of carbonyl (C=O) groups excluding carboxylic acids is 1. The van der Waals surface area contributed by atoms with Gasteiger partial charge in [-0.2, -0.15) is 0 Å². The van der Waals surface area contributed by atoms with Gasteiger partial charge in [0, 0.05) is 0 Å². The number of carbonyl (C=O) groups is 1. The molecule has 114 valence electrons. The van der Waals surface area contributed by atoms with E-state index in [4.69, 9.17) is 4.74 Å². The molecule has 1 aliphatic carbocycles. The van der Waals surface area contributed by atoms with Crippen molar-refractivity contribution >= 4 is 5.91 Å². The Labute approximate surface area is 131 Å². The van der Waals surface area contributed by atoms with Crippen molar-refractivity contribution in [1.82, 2.24) is 5.32 Å². The molecule has 2 aromatic rings. The zero-order chi connectivity index (χ0) is 15.5. The van der Waals surface area contributed by atoms with Crippen LogP contribution in [0.1, 0.15) is 34.7 Å². The zero-order valence-electron chi connectivity index (χ0n) is 13.1. The van der Waals surface area contributed by atoms with E-state index in [0.29, 0.717) is 0 Å². The second-order valence-corrected chi connectivity index (χ2v) is 5.84. The summed E-state index contributed by atoms with van der Waals surface area (Å²) in [5.41, 5.74) is 4.83. The van der Waals surface area contributed by atoms with E-state index in [9.17, 15) is 4.79 Å². The highest BCUT2D eigenvalue weighted by molar-refractivity contribution is 5.78. The molecule has 3 heteroatoms. The minimum absolute atomic E-state index is 0.0585. The van der Waals surface area contributed by atoms with Crippen LogP contribution in [0.5, 0.6) is 5.75 Å². The van der Waals surface area contributed by atoms with Crippen LogP contribution in [0.4, 0.5) is 0 Å². The Morgan fingerprint density at radius 2 is 2.00 bits per heavy atom. The topological polar surface area (TPSA) is 38.3 Å². The van der Waals surface area contributed by atoms with E-state index in [0.717, 1.165) is 24.2 Å². The number of hydrogen-bond donors (Lipinski definition) is 1. The van der Waals surface area contributed by atoms with Gasteiger partial charge in [0.2, 0.25) is 0 Å². The summed E-state index contributed by atoms with van der Waals surface area (Å²) >= 11 is 0. The van der Waals surface area contributed by atoms with Crippen LogP contribution in [0.2, 0.25) is 0 Å². The second-order valence-electron chi connectivity index (χ2n) is 5.84. The normalized spacial score (nSPS) is 16.2. The zero-order valence-corrected chi connectivity index (χ0v) is 13.1. The molecule has 0 saturated carbocycles. The molecule has 3 nitrogen and oxygen atoms in total. The fourth-order valence-corrected chi connectivity index (χ4v) is 2.97. The Morgan fingerprint density at radius 3 is 2.86 bits per heavy atom. The van der Waals surface area contributed by atoms with Gasteiger partial charge in [0.15, 0.2) is 6.61 Å². The van der Waals surface area contributed by atoms with Crippen LogP contribution < -0.4 is 10.1 Å². The first-order valence-electron chi connectivity index (χ1n) is 7.71. The first kappa shape index (κ1) is 14.6. The van der Waals surface area contributed by atoms with Gasteiger partial charge < -0.3 is 10.1 Å². The van der Waals surface area contributed by atoms with Gasteiger partial charge in [-0.15, -0.1) is 0 Å². The van der Waals surface area contributed by atoms with Crippen molar-refractivity contribution in [2.45, 2.75) is 32.7 Å². The first-order chi connectivity index (χ1) is 10.6. The Morgan fingerprint density at radius 1 is 1.18 bits per heavy atom. The summed E-state index contributed by atoms with van der Waals surface area (Å²) in [6, 6.07) is 14.3. The number of hydrogen-bond acceptors (Lipinski definition) is 2. The van der Waals surface area contributed by atoms with Crippen LogP contribution >= 0.6 is 0 Å². The third-order valence-corrected chi connectivity index (χ3v) is 4.38. The van der Waals surface area contributed by atoms with Gasteiger partial charge in [-0.3, -0.25) is 4.79 Å². The Bertz CT molecular complexity index is 694. The van der Waals surface area contributed by atoms with Gasteiger partial charge in [-0.25, -0.2) is 0 Å². The highest BCUT2D eigenvalue weighted by Crippen LogP contribution is 2.30. The summed E-state index contributed by atoms with van der Waals surface area (Å²) in [5, 5.41) is 3.08. The average Bonchev–Trinajstić information content (AvgIpc) is 2.92. The SMILES string of the molecule is Cc1cccc(OCC(=O)NC2CCc3ccccc32)c1C. The molecule has 0 aliphatic heterocycles. The number of fused-ring (bicyclic) bond motifs is 1. The summed E-state index contributed by atoms with van der Waals surface area (Å²) in [4.78, 5) is 12.1. The van der Waals surface area contributed by atoms with Crippen molar-refractivity contribution in [2.75, 3.05) is 6.61 Å². The lowest BCUT2D eigenvalue weighted by Crippen LogP contribution is -2.31. The molecule has 0 aromatic heterocycles. The van der Waals surface area contributed by atoms with Crippen molar-refractivity contribution in [3.63, 3.8) is 0 Å². The molecule has 0 bridgehead atoms. The van der Waals surface area contributed by atoms with Crippen LogP contribution in [0.15, 0.2) is 42.5 Å². The molecule has 0 fully saturated rings. The summed E-state index contributed by atoms with van der Waals surface area (Å²) in [6.45, 7) is 4.11. The molecule has 0 saturated heterocycles. The molecule has 1 aliphatic rings. The van der Waals surface area contributed by atoms with Gasteiger partial charge in [0.1, 0.15) is 5.75 Å². The number of ether oxygens (including phenoxy) is 1. The number of nitrogens with one attached hydrogen (secondary N) is 1. The number of rotatable bonds is 4. The fraction of sp³-hybridized carbons (Fsp3) is 0.316. The summed E-state index contributed by atoms with van der Waals surface area (Å²) in [7, 11) is 0. The number of aryl methyl sites for hydroxylation is 2. The van der Waals surface area contributed by atoms with E-state index < -0.39 is 0 Å². The Hall–Kier alpha value is -2.29. The third-order valence-electron chi connectivity index (χ3n) is 4.38. The highest BCUT2D eigenvalue weighted by Gasteiger charge is 2.23. The van der Waals surface area contributed by atoms with Gasteiger partial charge >= 0.3 is 0 Å². The van der Waals surface area contributed by atoms with Gasteiger partial charge in [-0.05, 0) is 55.0 Å². The van der Waals surface area contributed by atoms with Crippen LogP contribution in [0.3, 0.4) is 0 Å². The van der Waals surface area contributed by atoms with E-state index in [-0.39, 0.29) is 18.6 Å². The monoisotopic (exact) mass is 295 g/mol. The fourth-order valence-electron chi connectivity index (χ4n) is 2.97. The van der Waals surface area contributed by atoms with Crippen molar-refractivity contribution in [1.29, 1.82) is 0 Å². The molecule has 0 heterocycles. The molecule has 0 spiro atoms. The van der Waals surface area contributed by atoms with Crippen LogP contribution in [0, 0.1) is 13.8 Å². The lowest BCUT2D eigenvalue weighted by molar-refractivity contribution is -0.123. The van der Waals surface area contributed by atoms with E-state index in [2.05, 4.69) is 17.4 Å². The third kappa shape index (κ3) is 2.98. The highest BCUT2D eigenvalue weighted by atomic mass is 16.5. The Kier molecular flexibility index (Phi) is 4.14. The quantitative estimate of drug-likeness (QED) is 0.937. The summed E-state index contributed by atoms with van der Waals surface area (Å²) in [6.07, 6.45) is 1.99. The van der Waals surface area contributed by atoms with Crippen LogP contribution in [-0.2, 0) is 11.2 Å². The lowest BCUT2D eigenvalue weighted by atomic mass is 10.1. The predicted octanol–water partition coefficient (Wildman–Crippen LogP) is 3.49. The Balaban J connectivity index is 1.59. The van der Waals surface area contributed by atoms with E-state index in [1.807, 2.05) is 44.2 Å². The minimum Gasteiger partial charge on any atom is -0.483 e. The van der Waals surface area contributed by atoms with E-state index >= 15 is 0 Å². The number of amides is 1. The lowest BCUT2D eigenvalue weighted by Gasteiger charge is -2.15. The van der Waals surface area contributed by atoms with Gasteiger partial charge in [0.25, 0.3) is 5.91 Å². The summed E-state index contributed by atoms with van der Waals surface area (Å²) in [5.74, 6) is 0.713. The largest absolute Gasteiger partial charge is 0.483 e. The van der Waals surface area contributed by atoms with Crippen molar-refractivity contribution in [3.8, 4) is 5.75 Å². The molecular weight excluding hydrogens is 274 g/mol. The van der Waals surface area contributed by atoms with E-state index in [1.54, 1.807) is 0 Å². The van der Waals surface area contributed by atoms with Gasteiger partial charge in [0.05, 0.1) is 6.04 Å². The minimum atomic E-state index is -0.0670. The molecule has 3 rings (SSSR count). The molecule has 1 atom stereocenters. The van der Waals surface area contributed by atoms with Crippen molar-refractivity contribution in [3.05, 3.63) is 64.7 Å². The van der Waals surface area contributed by atoms with Gasteiger partial charge in [-0.1, -0.05) is 36.4 Å². The van der Waals surface area contributed by atoms with Crippen LogP contribution in [-0.4, -0.2) is 12.5 Å². The second kappa shape index (κ2) is 6.22. The van der Waals surface area contributed by atoms with Crippen molar-refractivity contribution < 1.29 is 9.53 Å². The maximum Gasteiger partial charge on any atom is 0.258 e. The predicted molar refractivity (Wildman–Crippen MR) is 87.1 cm³/mol. The summed E-state index contributed by atoms with van der Waals surface area (Å²) < 4.78 is 5.67. The van der Waals surface area contributed by atoms with Crippen molar-refractivity contribution in [2.24, 2.45) is 0 Å². The van der Waals surface area contributed by atoms with Crippen LogP contribution in [0.25, 0.3) is 0 Å². The maximum atomic E-state index is 12.1. The molecule has 0 radical (unpaired) electrons. The molecule has 1 amide bonds. The van der Waals surface area contributed by atoms with E-state index in [1.165, 1.54) is 16.7 Å². The standard InChI is InChI=1S/C19H21NO2/c1-13-6-5-9-18(14(13)2)22-12-19(21)20-17-11-10-15-7-3-4-8-16(15)17/h3-9,17H,10-12H2,1-2H3,(H,20,21). The first-order valence-corrected chi connectivity index (χ1v) is 7.71. The average molecular weight is 295 g/mol. The molecule has 22 heavy (non-hydrogen) atoms. The molecule has 1 unspecified atom stereocenters. The number of benzene rings is 2.